The lowest BCUT2D eigenvalue weighted by molar-refractivity contribution is 0.0736. The van der Waals surface area contributed by atoms with E-state index in [2.05, 4.69) is 4.98 Å². The fraction of sp³-hybridized carbons (Fsp3) is 0.0588. The molecule has 0 aliphatic carbocycles. The highest BCUT2D eigenvalue weighted by Crippen LogP contribution is 2.20. The molecular weight excluding hydrogens is 250 g/mol. The standard InChI is InChI=1S/C17H13NO2/c1-12-11-15(14-9-5-6-10-16(14)18-12)17(19)20-13-7-3-2-4-8-13/h2-11H,1H3. The third-order valence-corrected chi connectivity index (χ3v) is 3.02. The van der Waals surface area contributed by atoms with Gasteiger partial charge in [-0.05, 0) is 31.2 Å². The van der Waals surface area contributed by atoms with Crippen molar-refractivity contribution in [2.75, 3.05) is 0 Å². The zero-order valence-corrected chi connectivity index (χ0v) is 11.0. The van der Waals surface area contributed by atoms with E-state index >= 15 is 0 Å². The summed E-state index contributed by atoms with van der Waals surface area (Å²) in [7, 11) is 0. The molecule has 0 saturated heterocycles. The van der Waals surface area contributed by atoms with Crippen LogP contribution < -0.4 is 4.74 Å². The third kappa shape index (κ3) is 2.38. The fourth-order valence-corrected chi connectivity index (χ4v) is 2.13. The summed E-state index contributed by atoms with van der Waals surface area (Å²) in [5.41, 5.74) is 2.13. The summed E-state index contributed by atoms with van der Waals surface area (Å²) < 4.78 is 5.40. The zero-order valence-electron chi connectivity index (χ0n) is 11.0. The van der Waals surface area contributed by atoms with Crippen molar-refractivity contribution in [2.45, 2.75) is 6.92 Å². The van der Waals surface area contributed by atoms with E-state index in [0.717, 1.165) is 16.6 Å². The van der Waals surface area contributed by atoms with Crippen molar-refractivity contribution in [2.24, 2.45) is 0 Å². The van der Waals surface area contributed by atoms with Crippen LogP contribution in [0.25, 0.3) is 10.9 Å². The van der Waals surface area contributed by atoms with Crippen LogP contribution in [-0.2, 0) is 0 Å². The summed E-state index contributed by atoms with van der Waals surface area (Å²) in [6.07, 6.45) is 0. The van der Waals surface area contributed by atoms with Gasteiger partial charge in [0.2, 0.25) is 0 Å². The molecule has 2 aromatic carbocycles. The normalized spacial score (nSPS) is 10.4. The van der Waals surface area contributed by atoms with E-state index < -0.39 is 0 Å². The summed E-state index contributed by atoms with van der Waals surface area (Å²) in [6, 6.07) is 18.4. The number of rotatable bonds is 2. The third-order valence-electron chi connectivity index (χ3n) is 3.02. The number of ether oxygens (including phenoxy) is 1. The van der Waals surface area contributed by atoms with Crippen LogP contribution in [-0.4, -0.2) is 11.0 Å². The number of aryl methyl sites for hydroxylation is 1. The Labute approximate surface area is 116 Å². The summed E-state index contributed by atoms with van der Waals surface area (Å²) >= 11 is 0. The second kappa shape index (κ2) is 5.13. The molecule has 0 radical (unpaired) electrons. The van der Waals surface area contributed by atoms with Gasteiger partial charge in [-0.1, -0.05) is 36.4 Å². The number of carbonyl (C=O) groups is 1. The summed E-state index contributed by atoms with van der Waals surface area (Å²) in [4.78, 5) is 16.7. The average molecular weight is 263 g/mol. The number of hydrogen-bond acceptors (Lipinski definition) is 3. The Morgan fingerprint density at radius 2 is 1.70 bits per heavy atom. The maximum Gasteiger partial charge on any atom is 0.344 e. The molecule has 0 fully saturated rings. The molecule has 3 aromatic rings. The highest BCUT2D eigenvalue weighted by atomic mass is 16.5. The quantitative estimate of drug-likeness (QED) is 0.522. The van der Waals surface area contributed by atoms with Gasteiger partial charge >= 0.3 is 5.97 Å². The van der Waals surface area contributed by atoms with E-state index in [4.69, 9.17) is 4.74 Å². The van der Waals surface area contributed by atoms with E-state index in [-0.39, 0.29) is 5.97 Å². The monoisotopic (exact) mass is 263 g/mol. The summed E-state index contributed by atoms with van der Waals surface area (Å²) in [5.74, 6) is 0.175. The van der Waals surface area contributed by atoms with Gasteiger partial charge in [-0.3, -0.25) is 4.98 Å². The number of fused-ring (bicyclic) bond motifs is 1. The minimum atomic E-state index is -0.363. The molecule has 20 heavy (non-hydrogen) atoms. The number of aromatic nitrogens is 1. The second-order valence-electron chi connectivity index (χ2n) is 4.53. The fourth-order valence-electron chi connectivity index (χ4n) is 2.13. The number of benzene rings is 2. The van der Waals surface area contributed by atoms with Gasteiger partial charge in [0.05, 0.1) is 11.1 Å². The minimum Gasteiger partial charge on any atom is -0.423 e. The smallest absolute Gasteiger partial charge is 0.344 e. The van der Waals surface area contributed by atoms with Crippen LogP contribution in [0.4, 0.5) is 0 Å². The molecular formula is C17H13NO2. The van der Waals surface area contributed by atoms with Crippen molar-refractivity contribution in [1.29, 1.82) is 0 Å². The molecule has 0 atom stereocenters. The van der Waals surface area contributed by atoms with E-state index in [1.165, 1.54) is 0 Å². The lowest BCUT2D eigenvalue weighted by atomic mass is 10.1. The summed E-state index contributed by atoms with van der Waals surface area (Å²) in [6.45, 7) is 1.87. The average Bonchev–Trinajstić information content (AvgIpc) is 2.47. The van der Waals surface area contributed by atoms with E-state index in [1.54, 1.807) is 18.2 Å². The summed E-state index contributed by atoms with van der Waals surface area (Å²) in [5, 5.41) is 0.805. The SMILES string of the molecule is Cc1cc(C(=O)Oc2ccccc2)c2ccccc2n1. The van der Waals surface area contributed by atoms with Gasteiger partial charge in [0.1, 0.15) is 5.75 Å². The van der Waals surface area contributed by atoms with Crippen LogP contribution in [0.5, 0.6) is 5.75 Å². The van der Waals surface area contributed by atoms with Crippen molar-refractivity contribution in [3.63, 3.8) is 0 Å². The molecule has 3 heteroatoms. The first-order valence-electron chi connectivity index (χ1n) is 6.37. The van der Waals surface area contributed by atoms with E-state index in [9.17, 15) is 4.79 Å². The molecule has 0 N–H and O–H groups in total. The first kappa shape index (κ1) is 12.4. The van der Waals surface area contributed by atoms with Crippen molar-refractivity contribution in [1.82, 2.24) is 4.98 Å². The molecule has 0 saturated carbocycles. The molecule has 3 nitrogen and oxygen atoms in total. The number of pyridine rings is 1. The Morgan fingerprint density at radius 3 is 2.50 bits per heavy atom. The van der Waals surface area contributed by atoms with Gasteiger partial charge in [-0.2, -0.15) is 0 Å². The highest BCUT2D eigenvalue weighted by molar-refractivity contribution is 6.04. The maximum absolute atomic E-state index is 12.3. The highest BCUT2D eigenvalue weighted by Gasteiger charge is 2.13. The number of nitrogens with zero attached hydrogens (tertiary/aromatic N) is 1. The molecule has 0 unspecified atom stereocenters. The maximum atomic E-state index is 12.3. The molecule has 0 aliphatic rings. The van der Waals surface area contributed by atoms with E-state index in [0.29, 0.717) is 11.3 Å². The van der Waals surface area contributed by atoms with Crippen molar-refractivity contribution in [3.8, 4) is 5.75 Å². The van der Waals surface area contributed by atoms with Crippen LogP contribution >= 0.6 is 0 Å². The molecule has 0 spiro atoms. The number of carbonyl (C=O) groups excluding carboxylic acids is 1. The predicted molar refractivity (Wildman–Crippen MR) is 77.9 cm³/mol. The predicted octanol–water partition coefficient (Wildman–Crippen LogP) is 3.76. The first-order valence-corrected chi connectivity index (χ1v) is 6.37. The Hall–Kier alpha value is -2.68. The Kier molecular flexibility index (Phi) is 3.17. The van der Waals surface area contributed by atoms with Gasteiger partial charge in [-0.15, -0.1) is 0 Å². The molecule has 0 bridgehead atoms. The zero-order chi connectivity index (χ0) is 13.9. The van der Waals surface area contributed by atoms with Crippen LogP contribution in [0.15, 0.2) is 60.7 Å². The molecule has 98 valence electrons. The molecule has 0 amide bonds. The Morgan fingerprint density at radius 1 is 1.00 bits per heavy atom. The number of esters is 1. The van der Waals surface area contributed by atoms with Crippen LogP contribution in [0, 0.1) is 6.92 Å². The Balaban J connectivity index is 2.03. The van der Waals surface area contributed by atoms with Gasteiger partial charge in [-0.25, -0.2) is 4.79 Å². The molecule has 1 aromatic heterocycles. The molecule has 1 heterocycles. The molecule has 0 aliphatic heterocycles. The topological polar surface area (TPSA) is 39.2 Å². The lowest BCUT2D eigenvalue weighted by Crippen LogP contribution is -2.10. The van der Waals surface area contributed by atoms with Gasteiger partial charge in [0.15, 0.2) is 0 Å². The number of para-hydroxylation sites is 2. The van der Waals surface area contributed by atoms with Crippen molar-refractivity contribution >= 4 is 16.9 Å². The number of hydrogen-bond donors (Lipinski definition) is 0. The van der Waals surface area contributed by atoms with Crippen molar-refractivity contribution in [3.05, 3.63) is 71.9 Å². The van der Waals surface area contributed by atoms with Crippen LogP contribution in [0.3, 0.4) is 0 Å². The lowest BCUT2D eigenvalue weighted by Gasteiger charge is -2.08. The van der Waals surface area contributed by atoms with Gasteiger partial charge in [0.25, 0.3) is 0 Å². The van der Waals surface area contributed by atoms with E-state index in [1.807, 2.05) is 49.4 Å². The van der Waals surface area contributed by atoms with Gasteiger partial charge < -0.3 is 4.74 Å². The first-order chi connectivity index (χ1) is 9.74. The second-order valence-corrected chi connectivity index (χ2v) is 4.53. The van der Waals surface area contributed by atoms with Gasteiger partial charge in [0, 0.05) is 11.1 Å². The van der Waals surface area contributed by atoms with Crippen LogP contribution in [0.2, 0.25) is 0 Å². The minimum absolute atomic E-state index is 0.363. The molecule has 3 rings (SSSR count). The largest absolute Gasteiger partial charge is 0.423 e. The van der Waals surface area contributed by atoms with Crippen LogP contribution in [0.1, 0.15) is 16.1 Å². The van der Waals surface area contributed by atoms with Crippen molar-refractivity contribution < 1.29 is 9.53 Å². The Bertz CT molecular complexity index is 766.